The SMILES string of the molecule is COc1ccc(N/C=C(\C=C\O)c2c(C)nc3ccccn23)cc1. The fourth-order valence-electron chi connectivity index (χ4n) is 2.59. The second-order valence-electron chi connectivity index (χ2n) is 5.26. The first-order chi connectivity index (χ1) is 11.7. The molecule has 5 heteroatoms. The van der Waals surface area contributed by atoms with Crippen LogP contribution < -0.4 is 10.1 Å². The van der Waals surface area contributed by atoms with Gasteiger partial charge in [-0.3, -0.25) is 4.40 Å². The van der Waals surface area contributed by atoms with Gasteiger partial charge in [-0.1, -0.05) is 6.07 Å². The van der Waals surface area contributed by atoms with Crippen LogP contribution in [0.4, 0.5) is 5.69 Å². The molecule has 2 N–H and O–H groups in total. The van der Waals surface area contributed by atoms with Crippen LogP contribution in [0, 0.1) is 6.92 Å². The average molecular weight is 321 g/mol. The normalized spacial score (nSPS) is 12.0. The van der Waals surface area contributed by atoms with Gasteiger partial charge < -0.3 is 15.2 Å². The topological polar surface area (TPSA) is 58.8 Å². The molecule has 0 aliphatic carbocycles. The van der Waals surface area contributed by atoms with Crippen molar-refractivity contribution < 1.29 is 9.84 Å². The smallest absolute Gasteiger partial charge is 0.137 e. The molecule has 1 aromatic carbocycles. The zero-order valence-electron chi connectivity index (χ0n) is 13.6. The van der Waals surface area contributed by atoms with Gasteiger partial charge in [0.1, 0.15) is 11.4 Å². The van der Waals surface area contributed by atoms with Crippen LogP contribution in [0.2, 0.25) is 0 Å². The number of aliphatic hydroxyl groups excluding tert-OH is 1. The lowest BCUT2D eigenvalue weighted by Crippen LogP contribution is -1.96. The zero-order valence-corrected chi connectivity index (χ0v) is 13.6. The molecule has 0 saturated heterocycles. The fourth-order valence-corrected chi connectivity index (χ4v) is 2.59. The van der Waals surface area contributed by atoms with Crippen molar-refractivity contribution in [2.75, 3.05) is 12.4 Å². The van der Waals surface area contributed by atoms with Crippen LogP contribution in [0.1, 0.15) is 11.4 Å². The highest BCUT2D eigenvalue weighted by Gasteiger charge is 2.11. The maximum absolute atomic E-state index is 9.27. The predicted octanol–water partition coefficient (Wildman–Crippen LogP) is 4.18. The van der Waals surface area contributed by atoms with E-state index in [4.69, 9.17) is 4.74 Å². The first-order valence-corrected chi connectivity index (χ1v) is 7.58. The quantitative estimate of drug-likeness (QED) is 0.547. The lowest BCUT2D eigenvalue weighted by molar-refractivity contribution is 0.415. The third-order valence-electron chi connectivity index (χ3n) is 3.72. The highest BCUT2D eigenvalue weighted by atomic mass is 16.5. The Morgan fingerprint density at radius 1 is 1.21 bits per heavy atom. The van der Waals surface area contributed by atoms with Gasteiger partial charge >= 0.3 is 0 Å². The number of aromatic nitrogens is 2. The fraction of sp³-hybridized carbons (Fsp3) is 0.105. The van der Waals surface area contributed by atoms with Gasteiger partial charge in [-0.15, -0.1) is 0 Å². The molecular formula is C19H19N3O2. The Morgan fingerprint density at radius 3 is 2.71 bits per heavy atom. The minimum Gasteiger partial charge on any atom is -0.516 e. The molecule has 0 radical (unpaired) electrons. The number of hydrogen-bond acceptors (Lipinski definition) is 4. The lowest BCUT2D eigenvalue weighted by atomic mass is 10.1. The summed E-state index contributed by atoms with van der Waals surface area (Å²) < 4.78 is 7.15. The maximum Gasteiger partial charge on any atom is 0.137 e. The van der Waals surface area contributed by atoms with Crippen LogP contribution in [0.25, 0.3) is 11.2 Å². The summed E-state index contributed by atoms with van der Waals surface area (Å²) in [4.78, 5) is 4.56. The van der Waals surface area contributed by atoms with Crippen molar-refractivity contribution in [3.8, 4) is 5.75 Å². The predicted molar refractivity (Wildman–Crippen MR) is 96.3 cm³/mol. The highest BCUT2D eigenvalue weighted by molar-refractivity contribution is 5.76. The second kappa shape index (κ2) is 6.91. The molecular weight excluding hydrogens is 302 g/mol. The van der Waals surface area contributed by atoms with Crippen molar-refractivity contribution in [3.63, 3.8) is 0 Å². The molecule has 0 saturated carbocycles. The first kappa shape index (κ1) is 15.7. The summed E-state index contributed by atoms with van der Waals surface area (Å²) in [6, 6.07) is 13.5. The molecule has 3 aromatic rings. The molecule has 0 bridgehead atoms. The molecule has 5 nitrogen and oxygen atoms in total. The highest BCUT2D eigenvalue weighted by Crippen LogP contribution is 2.23. The number of ether oxygens (including phenoxy) is 1. The van der Waals surface area contributed by atoms with Crippen LogP contribution in [-0.4, -0.2) is 21.6 Å². The Balaban J connectivity index is 1.97. The van der Waals surface area contributed by atoms with E-state index in [1.807, 2.05) is 66.2 Å². The van der Waals surface area contributed by atoms with Gasteiger partial charge in [0.25, 0.3) is 0 Å². The Morgan fingerprint density at radius 2 is 2.00 bits per heavy atom. The molecule has 3 rings (SSSR count). The van der Waals surface area contributed by atoms with Gasteiger partial charge in [0.2, 0.25) is 0 Å². The summed E-state index contributed by atoms with van der Waals surface area (Å²) in [6.07, 6.45) is 6.47. The number of aliphatic hydroxyl groups is 1. The van der Waals surface area contributed by atoms with E-state index < -0.39 is 0 Å². The van der Waals surface area contributed by atoms with Crippen LogP contribution in [-0.2, 0) is 0 Å². The molecule has 0 unspecified atom stereocenters. The number of aryl methyl sites for hydroxylation is 1. The van der Waals surface area contributed by atoms with Crippen LogP contribution in [0.3, 0.4) is 0 Å². The first-order valence-electron chi connectivity index (χ1n) is 7.58. The number of rotatable bonds is 5. The number of nitrogens with zero attached hydrogens (tertiary/aromatic N) is 2. The average Bonchev–Trinajstić information content (AvgIpc) is 2.95. The third-order valence-corrected chi connectivity index (χ3v) is 3.72. The van der Waals surface area contributed by atoms with Gasteiger partial charge in [-0.05, 0) is 49.4 Å². The molecule has 0 spiro atoms. The van der Waals surface area contributed by atoms with Crippen molar-refractivity contribution in [2.24, 2.45) is 0 Å². The van der Waals surface area contributed by atoms with Crippen LogP contribution in [0.5, 0.6) is 5.75 Å². The summed E-state index contributed by atoms with van der Waals surface area (Å²) >= 11 is 0. The number of nitrogens with one attached hydrogen (secondary N) is 1. The number of fused-ring (bicyclic) bond motifs is 1. The van der Waals surface area contributed by atoms with Gasteiger partial charge in [-0.2, -0.15) is 0 Å². The Labute approximate surface area is 140 Å². The molecule has 0 amide bonds. The molecule has 2 heterocycles. The van der Waals surface area contributed by atoms with Crippen LogP contribution >= 0.6 is 0 Å². The Kier molecular flexibility index (Phi) is 4.52. The van der Waals surface area contributed by atoms with Crippen molar-refractivity contribution in [1.29, 1.82) is 0 Å². The standard InChI is InChI=1S/C19H19N3O2/c1-14-19(22-11-4-3-5-18(22)21-14)15(10-12-23)13-20-16-6-8-17(24-2)9-7-16/h3-13,20,23H,1-2H3/b12-10+,15-13+. The van der Waals surface area contributed by atoms with Crippen molar-refractivity contribution >= 4 is 16.9 Å². The minimum absolute atomic E-state index is 0.803. The summed E-state index contributed by atoms with van der Waals surface area (Å²) in [5.41, 5.74) is 4.43. The van der Waals surface area contributed by atoms with Crippen molar-refractivity contribution in [3.05, 3.63) is 78.6 Å². The molecule has 0 atom stereocenters. The van der Waals surface area contributed by atoms with Crippen molar-refractivity contribution in [2.45, 2.75) is 6.92 Å². The number of hydrogen-bond donors (Lipinski definition) is 2. The van der Waals surface area contributed by atoms with E-state index >= 15 is 0 Å². The number of anilines is 1. The zero-order chi connectivity index (χ0) is 16.9. The Hall–Kier alpha value is -3.21. The number of benzene rings is 1. The summed E-state index contributed by atoms with van der Waals surface area (Å²) in [7, 11) is 1.64. The summed E-state index contributed by atoms with van der Waals surface area (Å²) in [6.45, 7) is 1.95. The molecule has 122 valence electrons. The van der Waals surface area contributed by atoms with Crippen LogP contribution in [0.15, 0.2) is 67.2 Å². The van der Waals surface area contributed by atoms with Gasteiger partial charge in [0.05, 0.1) is 24.8 Å². The van der Waals surface area contributed by atoms with E-state index in [9.17, 15) is 5.11 Å². The van der Waals surface area contributed by atoms with E-state index in [2.05, 4.69) is 10.3 Å². The molecule has 0 aliphatic rings. The van der Waals surface area contributed by atoms with E-state index in [1.165, 1.54) is 0 Å². The minimum atomic E-state index is 0.803. The monoisotopic (exact) mass is 321 g/mol. The molecule has 0 fully saturated rings. The number of imidazole rings is 1. The second-order valence-corrected chi connectivity index (χ2v) is 5.26. The Bertz CT molecular complexity index is 893. The van der Waals surface area contributed by atoms with Gasteiger partial charge in [0.15, 0.2) is 0 Å². The summed E-state index contributed by atoms with van der Waals surface area (Å²) in [5.74, 6) is 0.803. The molecule has 0 aliphatic heterocycles. The number of methoxy groups -OCH3 is 1. The maximum atomic E-state index is 9.27. The van der Waals surface area contributed by atoms with E-state index in [-0.39, 0.29) is 0 Å². The largest absolute Gasteiger partial charge is 0.516 e. The molecule has 24 heavy (non-hydrogen) atoms. The van der Waals surface area contributed by atoms with E-state index in [0.29, 0.717) is 0 Å². The lowest BCUT2D eigenvalue weighted by Gasteiger charge is -2.07. The number of allylic oxidation sites excluding steroid dienone is 2. The third kappa shape index (κ3) is 3.10. The van der Waals surface area contributed by atoms with E-state index in [0.717, 1.165) is 40.3 Å². The molecule has 2 aromatic heterocycles. The number of pyridine rings is 1. The van der Waals surface area contributed by atoms with Crippen molar-refractivity contribution in [1.82, 2.24) is 9.38 Å². The summed E-state index contributed by atoms with van der Waals surface area (Å²) in [5, 5.41) is 12.5. The van der Waals surface area contributed by atoms with Gasteiger partial charge in [0, 0.05) is 23.7 Å². The van der Waals surface area contributed by atoms with Gasteiger partial charge in [-0.25, -0.2) is 4.98 Å². The van der Waals surface area contributed by atoms with E-state index in [1.54, 1.807) is 13.2 Å².